The van der Waals surface area contributed by atoms with E-state index in [1.54, 1.807) is 12.8 Å². The Morgan fingerprint density at radius 2 is 1.74 bits per heavy atom. The fourth-order valence-electron chi connectivity index (χ4n) is 8.10. The summed E-state index contributed by atoms with van der Waals surface area (Å²) in [6.07, 6.45) is 18.3. The molecule has 3 saturated carbocycles. The van der Waals surface area contributed by atoms with Gasteiger partial charge in [0, 0.05) is 0 Å². The molecule has 0 aliphatic heterocycles. The molecule has 0 aromatic heterocycles. The van der Waals surface area contributed by atoms with Crippen molar-refractivity contribution < 1.29 is 0 Å². The lowest BCUT2D eigenvalue weighted by molar-refractivity contribution is -0.100. The smallest absolute Gasteiger partial charge is 0.0229 e. The zero-order chi connectivity index (χ0) is 16.2. The van der Waals surface area contributed by atoms with E-state index in [1.165, 1.54) is 44.9 Å². The third-order valence-electron chi connectivity index (χ3n) is 9.61. The Kier molecular flexibility index (Phi) is 3.97. The van der Waals surface area contributed by atoms with Crippen LogP contribution in [0.4, 0.5) is 0 Å². The first-order valence-corrected chi connectivity index (χ1v) is 10.7. The molecule has 0 heteroatoms. The quantitative estimate of drug-likeness (QED) is 0.488. The van der Waals surface area contributed by atoms with Crippen LogP contribution in [0, 0.1) is 46.3 Å². The zero-order valence-electron chi connectivity index (χ0n) is 16.0. The van der Waals surface area contributed by atoms with E-state index in [1.807, 2.05) is 0 Å². The maximum absolute atomic E-state index is 2.70. The van der Waals surface area contributed by atoms with Gasteiger partial charge in [0.25, 0.3) is 0 Å². The maximum Gasteiger partial charge on any atom is -0.0229 e. The van der Waals surface area contributed by atoms with Crippen molar-refractivity contribution >= 4 is 0 Å². The molecule has 1 unspecified atom stereocenters. The number of fused-ring (bicyclic) bond motifs is 5. The molecule has 3 fully saturated rings. The van der Waals surface area contributed by atoms with E-state index in [2.05, 4.69) is 39.8 Å². The predicted octanol–water partition coefficient (Wildman–Crippen LogP) is 6.86. The highest BCUT2D eigenvalue weighted by Gasteiger charge is 2.59. The Labute approximate surface area is 144 Å². The Morgan fingerprint density at radius 3 is 2.52 bits per heavy atom. The maximum atomic E-state index is 2.70. The van der Waals surface area contributed by atoms with E-state index in [-0.39, 0.29) is 0 Å². The standard InChI is InChI=1S/C23H38/c1-5-16(2)19-11-12-20-18-10-9-17-8-6-7-14-22(17,3)21(18)13-15-23(19,20)4/h6-7,16-21H,5,8-15H2,1-4H3/t16-,17?,18+,19-,20+,21+,22+,23-/m1/s1. The van der Waals surface area contributed by atoms with Crippen molar-refractivity contribution in [1.82, 2.24) is 0 Å². The van der Waals surface area contributed by atoms with E-state index in [0.29, 0.717) is 10.8 Å². The molecule has 0 amide bonds. The highest BCUT2D eigenvalue weighted by Crippen LogP contribution is 2.67. The van der Waals surface area contributed by atoms with Crippen LogP contribution in [0.2, 0.25) is 0 Å². The average Bonchev–Trinajstić information content (AvgIpc) is 2.91. The van der Waals surface area contributed by atoms with Crippen LogP contribution in [0.15, 0.2) is 12.2 Å². The van der Waals surface area contributed by atoms with E-state index >= 15 is 0 Å². The molecule has 0 nitrogen and oxygen atoms in total. The SMILES string of the molecule is CC[C@@H](C)[C@H]1CC[C@H]2[C@@H]3CCC4CC=CC[C@]4(C)[C@H]3CC[C@]12C. The minimum Gasteiger partial charge on any atom is -0.0882 e. The summed E-state index contributed by atoms with van der Waals surface area (Å²) in [5.74, 6) is 6.06. The molecular formula is C23H38. The van der Waals surface area contributed by atoms with E-state index in [0.717, 1.165) is 35.5 Å². The van der Waals surface area contributed by atoms with Crippen LogP contribution in [-0.4, -0.2) is 0 Å². The van der Waals surface area contributed by atoms with Gasteiger partial charge in [0.1, 0.15) is 0 Å². The van der Waals surface area contributed by atoms with Crippen molar-refractivity contribution in [1.29, 1.82) is 0 Å². The monoisotopic (exact) mass is 314 g/mol. The minimum absolute atomic E-state index is 0.632. The zero-order valence-corrected chi connectivity index (χ0v) is 16.0. The first-order chi connectivity index (χ1) is 11.0. The minimum atomic E-state index is 0.632. The summed E-state index contributed by atoms with van der Waals surface area (Å²) in [5, 5.41) is 0. The van der Waals surface area contributed by atoms with Crippen molar-refractivity contribution in [3.05, 3.63) is 12.2 Å². The second-order valence-electron chi connectivity index (χ2n) is 10.2. The fourth-order valence-corrected chi connectivity index (χ4v) is 8.10. The topological polar surface area (TPSA) is 0 Å². The molecular weight excluding hydrogens is 276 g/mol. The van der Waals surface area contributed by atoms with Crippen LogP contribution in [0.5, 0.6) is 0 Å². The third kappa shape index (κ3) is 2.22. The highest BCUT2D eigenvalue weighted by atomic mass is 14.6. The molecule has 0 N–H and O–H groups in total. The normalized spacial score (nSPS) is 53.3. The van der Waals surface area contributed by atoms with Crippen LogP contribution in [0.1, 0.15) is 85.5 Å². The summed E-state index contributed by atoms with van der Waals surface area (Å²) in [7, 11) is 0. The highest BCUT2D eigenvalue weighted by molar-refractivity contribution is 5.12. The molecule has 0 aromatic rings. The summed E-state index contributed by atoms with van der Waals surface area (Å²) >= 11 is 0. The molecule has 0 saturated heterocycles. The van der Waals surface area contributed by atoms with E-state index in [9.17, 15) is 0 Å². The lowest BCUT2D eigenvalue weighted by Gasteiger charge is -2.60. The molecule has 8 atom stereocenters. The lowest BCUT2D eigenvalue weighted by Crippen LogP contribution is -2.52. The summed E-state index contributed by atoms with van der Waals surface area (Å²) in [4.78, 5) is 0. The van der Waals surface area contributed by atoms with Gasteiger partial charge in [-0.2, -0.15) is 0 Å². The molecule has 4 aliphatic rings. The van der Waals surface area contributed by atoms with Gasteiger partial charge in [-0.05, 0) is 97.7 Å². The van der Waals surface area contributed by atoms with Crippen LogP contribution in [-0.2, 0) is 0 Å². The number of allylic oxidation sites excluding steroid dienone is 2. The molecule has 23 heavy (non-hydrogen) atoms. The number of hydrogen-bond donors (Lipinski definition) is 0. The van der Waals surface area contributed by atoms with Crippen LogP contribution in [0.3, 0.4) is 0 Å². The Bertz CT molecular complexity index is 476. The predicted molar refractivity (Wildman–Crippen MR) is 99.2 cm³/mol. The van der Waals surface area contributed by atoms with Gasteiger partial charge in [0.15, 0.2) is 0 Å². The molecule has 130 valence electrons. The van der Waals surface area contributed by atoms with Gasteiger partial charge in [-0.15, -0.1) is 0 Å². The van der Waals surface area contributed by atoms with Crippen LogP contribution < -0.4 is 0 Å². The van der Waals surface area contributed by atoms with Gasteiger partial charge < -0.3 is 0 Å². The Hall–Kier alpha value is -0.260. The Morgan fingerprint density at radius 1 is 0.957 bits per heavy atom. The van der Waals surface area contributed by atoms with Gasteiger partial charge in [0.05, 0.1) is 0 Å². The van der Waals surface area contributed by atoms with Crippen molar-refractivity contribution in [3.63, 3.8) is 0 Å². The summed E-state index contributed by atoms with van der Waals surface area (Å²) in [6.45, 7) is 10.3. The largest absolute Gasteiger partial charge is 0.0882 e. The summed E-state index contributed by atoms with van der Waals surface area (Å²) in [6, 6.07) is 0. The lowest BCUT2D eigenvalue weighted by atomic mass is 9.45. The second kappa shape index (κ2) is 5.63. The van der Waals surface area contributed by atoms with Gasteiger partial charge in [0.2, 0.25) is 0 Å². The fraction of sp³-hybridized carbons (Fsp3) is 0.913. The van der Waals surface area contributed by atoms with Crippen molar-refractivity contribution in [2.24, 2.45) is 46.3 Å². The molecule has 0 radical (unpaired) electrons. The molecule has 0 heterocycles. The van der Waals surface area contributed by atoms with Gasteiger partial charge >= 0.3 is 0 Å². The third-order valence-corrected chi connectivity index (χ3v) is 9.61. The van der Waals surface area contributed by atoms with E-state index < -0.39 is 0 Å². The number of rotatable bonds is 2. The average molecular weight is 315 g/mol. The van der Waals surface area contributed by atoms with Crippen LogP contribution in [0.25, 0.3) is 0 Å². The van der Waals surface area contributed by atoms with E-state index in [4.69, 9.17) is 0 Å². The molecule has 0 aromatic carbocycles. The van der Waals surface area contributed by atoms with Crippen molar-refractivity contribution in [3.8, 4) is 0 Å². The molecule has 4 aliphatic carbocycles. The summed E-state index contributed by atoms with van der Waals surface area (Å²) < 4.78 is 0. The molecule has 4 rings (SSSR count). The first kappa shape index (κ1) is 16.2. The van der Waals surface area contributed by atoms with Gasteiger partial charge in [-0.3, -0.25) is 0 Å². The van der Waals surface area contributed by atoms with Crippen molar-refractivity contribution in [2.45, 2.75) is 85.5 Å². The Balaban J connectivity index is 1.61. The van der Waals surface area contributed by atoms with Gasteiger partial charge in [-0.1, -0.05) is 46.3 Å². The van der Waals surface area contributed by atoms with Crippen LogP contribution >= 0.6 is 0 Å². The first-order valence-electron chi connectivity index (χ1n) is 10.7. The molecule has 0 bridgehead atoms. The summed E-state index contributed by atoms with van der Waals surface area (Å²) in [5.41, 5.74) is 1.30. The molecule has 0 spiro atoms. The number of hydrogen-bond acceptors (Lipinski definition) is 0. The van der Waals surface area contributed by atoms with Crippen molar-refractivity contribution in [2.75, 3.05) is 0 Å². The van der Waals surface area contributed by atoms with Gasteiger partial charge in [-0.25, -0.2) is 0 Å². The second-order valence-corrected chi connectivity index (χ2v) is 10.2.